The fraction of sp³-hybridized carbons (Fsp3) is 0.214. The normalized spacial score (nSPS) is 10.4. The van der Waals surface area contributed by atoms with Gasteiger partial charge in [0.05, 0.1) is 0 Å². The number of benzene rings is 1. The minimum Gasteiger partial charge on any atom is -0.289 e. The lowest BCUT2D eigenvalue weighted by Crippen LogP contribution is -2.01. The molecule has 0 saturated carbocycles. The van der Waals surface area contributed by atoms with E-state index in [9.17, 15) is 4.79 Å². The van der Waals surface area contributed by atoms with Crippen LogP contribution in [0.3, 0.4) is 0 Å². The minimum absolute atomic E-state index is 0.126. The van der Waals surface area contributed by atoms with E-state index in [1.54, 1.807) is 11.3 Å². The molecular formula is C14H14OS. The van der Waals surface area contributed by atoms with Gasteiger partial charge in [0.25, 0.3) is 0 Å². The lowest BCUT2D eigenvalue weighted by molar-refractivity contribution is 0.103. The van der Waals surface area contributed by atoms with E-state index in [0.717, 1.165) is 23.1 Å². The quantitative estimate of drug-likeness (QED) is 0.732. The molecular weight excluding hydrogens is 216 g/mol. The Kier molecular flexibility index (Phi) is 3.20. The molecule has 1 heterocycles. The van der Waals surface area contributed by atoms with Crippen molar-refractivity contribution in [2.45, 2.75) is 20.3 Å². The predicted octanol–water partition coefficient (Wildman–Crippen LogP) is 3.85. The van der Waals surface area contributed by atoms with Gasteiger partial charge in [-0.2, -0.15) is 11.3 Å². The molecule has 0 aliphatic heterocycles. The number of carbonyl (C=O) groups excluding carboxylic acids is 1. The third-order valence-corrected chi connectivity index (χ3v) is 3.59. The average molecular weight is 230 g/mol. The number of hydrogen-bond acceptors (Lipinski definition) is 2. The molecule has 0 bridgehead atoms. The van der Waals surface area contributed by atoms with Gasteiger partial charge in [-0.1, -0.05) is 31.2 Å². The molecule has 0 unspecified atom stereocenters. The van der Waals surface area contributed by atoms with E-state index in [1.807, 2.05) is 41.9 Å². The number of carbonyl (C=O) groups is 1. The van der Waals surface area contributed by atoms with Crippen molar-refractivity contribution in [3.63, 3.8) is 0 Å². The van der Waals surface area contributed by atoms with Gasteiger partial charge < -0.3 is 0 Å². The van der Waals surface area contributed by atoms with Gasteiger partial charge >= 0.3 is 0 Å². The van der Waals surface area contributed by atoms with Crippen molar-refractivity contribution < 1.29 is 4.79 Å². The maximum absolute atomic E-state index is 12.1. The van der Waals surface area contributed by atoms with Crippen molar-refractivity contribution in [1.82, 2.24) is 0 Å². The fourth-order valence-corrected chi connectivity index (χ4v) is 2.47. The topological polar surface area (TPSA) is 17.1 Å². The van der Waals surface area contributed by atoms with Crippen LogP contribution in [0.2, 0.25) is 0 Å². The molecule has 0 spiro atoms. The zero-order chi connectivity index (χ0) is 11.5. The van der Waals surface area contributed by atoms with Gasteiger partial charge in [0.15, 0.2) is 5.78 Å². The van der Waals surface area contributed by atoms with Gasteiger partial charge in [-0.25, -0.2) is 0 Å². The summed E-state index contributed by atoms with van der Waals surface area (Å²) in [5, 5.41) is 3.93. The molecule has 0 fully saturated rings. The first-order chi connectivity index (χ1) is 7.72. The van der Waals surface area contributed by atoms with Crippen LogP contribution in [0, 0.1) is 6.92 Å². The van der Waals surface area contributed by atoms with Crippen LogP contribution in [0.25, 0.3) is 0 Å². The lowest BCUT2D eigenvalue weighted by atomic mass is 10.0. The summed E-state index contributed by atoms with van der Waals surface area (Å²) < 4.78 is 0. The molecule has 0 radical (unpaired) electrons. The highest BCUT2D eigenvalue weighted by Gasteiger charge is 2.11. The zero-order valence-corrected chi connectivity index (χ0v) is 10.3. The van der Waals surface area contributed by atoms with E-state index < -0.39 is 0 Å². The average Bonchev–Trinajstić information content (AvgIpc) is 2.75. The van der Waals surface area contributed by atoms with Crippen molar-refractivity contribution in [1.29, 1.82) is 0 Å². The molecule has 0 amide bonds. The molecule has 0 atom stereocenters. The van der Waals surface area contributed by atoms with Crippen LogP contribution in [-0.2, 0) is 6.42 Å². The van der Waals surface area contributed by atoms with E-state index in [-0.39, 0.29) is 5.78 Å². The molecule has 0 aliphatic carbocycles. The fourth-order valence-electron chi connectivity index (χ4n) is 1.64. The lowest BCUT2D eigenvalue weighted by Gasteiger charge is -2.01. The van der Waals surface area contributed by atoms with Crippen LogP contribution in [0.15, 0.2) is 35.0 Å². The molecule has 0 N–H and O–H groups in total. The summed E-state index contributed by atoms with van der Waals surface area (Å²) in [7, 11) is 0. The number of ketones is 1. The maximum Gasteiger partial charge on any atom is 0.194 e. The largest absolute Gasteiger partial charge is 0.289 e. The molecule has 1 nitrogen and oxygen atoms in total. The molecule has 2 rings (SSSR count). The van der Waals surface area contributed by atoms with Crippen molar-refractivity contribution in [2.24, 2.45) is 0 Å². The van der Waals surface area contributed by atoms with Crippen molar-refractivity contribution in [3.05, 3.63) is 57.3 Å². The Labute approximate surface area is 99.8 Å². The predicted molar refractivity (Wildman–Crippen MR) is 68.3 cm³/mol. The third-order valence-electron chi connectivity index (χ3n) is 2.72. The first kappa shape index (κ1) is 11.1. The standard InChI is InChI=1S/C14H14OS/c1-3-11-4-6-12(7-5-11)14(15)13-9-16-8-10(13)2/h4-9H,3H2,1-2H3. The summed E-state index contributed by atoms with van der Waals surface area (Å²) >= 11 is 1.58. The zero-order valence-electron chi connectivity index (χ0n) is 9.49. The number of aryl methyl sites for hydroxylation is 2. The highest BCUT2D eigenvalue weighted by Crippen LogP contribution is 2.18. The molecule has 1 aromatic heterocycles. The molecule has 82 valence electrons. The van der Waals surface area contributed by atoms with E-state index >= 15 is 0 Å². The van der Waals surface area contributed by atoms with Crippen molar-refractivity contribution in [3.8, 4) is 0 Å². The number of hydrogen-bond donors (Lipinski definition) is 0. The van der Waals surface area contributed by atoms with Crippen molar-refractivity contribution in [2.75, 3.05) is 0 Å². The Morgan fingerprint density at radius 1 is 1.19 bits per heavy atom. The van der Waals surface area contributed by atoms with Gasteiger partial charge in [0, 0.05) is 16.5 Å². The summed E-state index contributed by atoms with van der Waals surface area (Å²) in [6.07, 6.45) is 1.01. The molecule has 2 heteroatoms. The van der Waals surface area contributed by atoms with Crippen LogP contribution >= 0.6 is 11.3 Å². The van der Waals surface area contributed by atoms with E-state index in [0.29, 0.717) is 0 Å². The van der Waals surface area contributed by atoms with Gasteiger partial charge in [-0.3, -0.25) is 4.79 Å². The van der Waals surface area contributed by atoms with Gasteiger partial charge in [0.2, 0.25) is 0 Å². The summed E-state index contributed by atoms with van der Waals surface area (Å²) in [6.45, 7) is 4.09. The Balaban J connectivity index is 2.31. The maximum atomic E-state index is 12.1. The molecule has 2 aromatic rings. The minimum atomic E-state index is 0.126. The van der Waals surface area contributed by atoms with Gasteiger partial charge in [-0.15, -0.1) is 0 Å². The van der Waals surface area contributed by atoms with Crippen LogP contribution in [0.1, 0.15) is 34.0 Å². The Morgan fingerprint density at radius 2 is 1.88 bits per heavy atom. The third kappa shape index (κ3) is 2.07. The van der Waals surface area contributed by atoms with Gasteiger partial charge in [-0.05, 0) is 29.9 Å². The Hall–Kier alpha value is -1.41. The summed E-state index contributed by atoms with van der Waals surface area (Å²) in [5.74, 6) is 0.126. The second-order valence-electron chi connectivity index (χ2n) is 3.85. The second-order valence-corrected chi connectivity index (χ2v) is 4.59. The van der Waals surface area contributed by atoms with E-state index in [1.165, 1.54) is 5.56 Å². The Morgan fingerprint density at radius 3 is 2.38 bits per heavy atom. The highest BCUT2D eigenvalue weighted by atomic mass is 32.1. The van der Waals surface area contributed by atoms with E-state index in [4.69, 9.17) is 0 Å². The van der Waals surface area contributed by atoms with Crippen LogP contribution < -0.4 is 0 Å². The van der Waals surface area contributed by atoms with Crippen LogP contribution in [-0.4, -0.2) is 5.78 Å². The first-order valence-corrected chi connectivity index (χ1v) is 6.33. The Bertz CT molecular complexity index is 494. The molecule has 0 saturated heterocycles. The molecule has 16 heavy (non-hydrogen) atoms. The summed E-state index contributed by atoms with van der Waals surface area (Å²) in [6, 6.07) is 7.88. The molecule has 1 aromatic carbocycles. The first-order valence-electron chi connectivity index (χ1n) is 5.38. The summed E-state index contributed by atoms with van der Waals surface area (Å²) in [4.78, 5) is 12.1. The highest BCUT2D eigenvalue weighted by molar-refractivity contribution is 7.08. The monoisotopic (exact) mass is 230 g/mol. The molecule has 0 aliphatic rings. The smallest absolute Gasteiger partial charge is 0.194 e. The van der Waals surface area contributed by atoms with Crippen LogP contribution in [0.5, 0.6) is 0 Å². The summed E-state index contributed by atoms with van der Waals surface area (Å²) in [5.41, 5.74) is 3.93. The number of thiophene rings is 1. The van der Waals surface area contributed by atoms with Crippen LogP contribution in [0.4, 0.5) is 0 Å². The SMILES string of the molecule is CCc1ccc(C(=O)c2cscc2C)cc1. The second kappa shape index (κ2) is 4.62. The van der Waals surface area contributed by atoms with Crippen molar-refractivity contribution >= 4 is 17.1 Å². The number of rotatable bonds is 3. The van der Waals surface area contributed by atoms with E-state index in [2.05, 4.69) is 6.92 Å². The van der Waals surface area contributed by atoms with Gasteiger partial charge in [0.1, 0.15) is 0 Å².